The summed E-state index contributed by atoms with van der Waals surface area (Å²) in [6.07, 6.45) is 1.20. The molecule has 0 atom stereocenters. The molecule has 2 aromatic carbocycles. The van der Waals surface area contributed by atoms with Gasteiger partial charge >= 0.3 is 11.9 Å². The Bertz CT molecular complexity index is 677. The molecule has 0 radical (unpaired) electrons. The average Bonchev–Trinajstić information content (AvgIpc) is 2.57. The molecular weight excluding hydrogens is 292 g/mol. The Balaban J connectivity index is 2.28. The molecule has 0 amide bonds. The Morgan fingerprint density at radius 3 is 2.17 bits per heavy atom. The predicted molar refractivity (Wildman–Crippen MR) is 87.5 cm³/mol. The first kappa shape index (κ1) is 16.7. The summed E-state index contributed by atoms with van der Waals surface area (Å²) in [5, 5.41) is 0. The monoisotopic (exact) mass is 312 g/mol. The third-order valence-electron chi connectivity index (χ3n) is 3.31. The van der Waals surface area contributed by atoms with Crippen molar-refractivity contribution >= 4 is 11.9 Å². The van der Waals surface area contributed by atoms with Gasteiger partial charge in [0.15, 0.2) is 0 Å². The molecule has 4 heteroatoms. The lowest BCUT2D eigenvalue weighted by Gasteiger charge is -2.12. The lowest BCUT2D eigenvalue weighted by Crippen LogP contribution is -2.09. The van der Waals surface area contributed by atoms with Crippen LogP contribution in [0.1, 0.15) is 37.8 Å². The van der Waals surface area contributed by atoms with Gasteiger partial charge in [-0.15, -0.1) is 0 Å². The van der Waals surface area contributed by atoms with E-state index in [4.69, 9.17) is 9.47 Å². The third-order valence-corrected chi connectivity index (χ3v) is 3.31. The summed E-state index contributed by atoms with van der Waals surface area (Å²) in [4.78, 5) is 23.1. The van der Waals surface area contributed by atoms with Crippen molar-refractivity contribution < 1.29 is 19.1 Å². The Labute approximate surface area is 136 Å². The lowest BCUT2D eigenvalue weighted by atomic mass is 10.0. The second-order valence-electron chi connectivity index (χ2n) is 5.09. The molecule has 0 bridgehead atoms. The normalized spacial score (nSPS) is 10.2. The molecule has 0 saturated heterocycles. The van der Waals surface area contributed by atoms with Crippen LogP contribution in [-0.2, 0) is 16.0 Å². The van der Waals surface area contributed by atoms with Crippen LogP contribution in [0.5, 0.6) is 11.5 Å². The quantitative estimate of drug-likeness (QED) is 0.599. The lowest BCUT2D eigenvalue weighted by molar-refractivity contribution is -0.134. The first-order valence-corrected chi connectivity index (χ1v) is 7.70. The highest BCUT2D eigenvalue weighted by Crippen LogP contribution is 2.28. The topological polar surface area (TPSA) is 52.6 Å². The number of carbonyl (C=O) groups is 2. The smallest absolute Gasteiger partial charge is 0.310 e. The van der Waals surface area contributed by atoms with Gasteiger partial charge in [-0.05, 0) is 17.2 Å². The Morgan fingerprint density at radius 2 is 1.52 bits per heavy atom. The Hall–Kier alpha value is -2.62. The fraction of sp³-hybridized carbons (Fsp3) is 0.263. The van der Waals surface area contributed by atoms with Crippen LogP contribution in [0.4, 0.5) is 0 Å². The van der Waals surface area contributed by atoms with E-state index in [1.807, 2.05) is 36.4 Å². The van der Waals surface area contributed by atoms with Crippen LogP contribution in [0, 0.1) is 0 Å². The molecule has 4 nitrogen and oxygen atoms in total. The number of hydrogen-bond donors (Lipinski definition) is 0. The largest absolute Gasteiger partial charge is 0.426 e. The standard InChI is InChI=1S/C19H20O4/c1-3-18(20)22-16-11-10-15(12-14-8-6-5-7-9-14)17(13-16)23-19(21)4-2/h5-11,13H,3-4,12H2,1-2H3. The van der Waals surface area contributed by atoms with Crippen molar-refractivity contribution in [1.82, 2.24) is 0 Å². The van der Waals surface area contributed by atoms with E-state index in [0.29, 0.717) is 17.9 Å². The summed E-state index contributed by atoms with van der Waals surface area (Å²) < 4.78 is 10.6. The molecule has 2 rings (SSSR count). The molecule has 0 heterocycles. The molecule has 0 unspecified atom stereocenters. The van der Waals surface area contributed by atoms with Gasteiger partial charge in [-0.2, -0.15) is 0 Å². The SMILES string of the molecule is CCC(=O)Oc1ccc(Cc2ccccc2)c(OC(=O)CC)c1. The van der Waals surface area contributed by atoms with E-state index in [2.05, 4.69) is 0 Å². The summed E-state index contributed by atoms with van der Waals surface area (Å²) in [5.41, 5.74) is 1.98. The Morgan fingerprint density at radius 1 is 0.870 bits per heavy atom. The highest BCUT2D eigenvalue weighted by atomic mass is 16.5. The number of ether oxygens (including phenoxy) is 2. The first-order valence-electron chi connectivity index (χ1n) is 7.70. The van der Waals surface area contributed by atoms with Gasteiger partial charge in [0.2, 0.25) is 0 Å². The first-order chi connectivity index (χ1) is 11.1. The van der Waals surface area contributed by atoms with E-state index in [1.165, 1.54) is 0 Å². The van der Waals surface area contributed by atoms with Gasteiger partial charge in [0.25, 0.3) is 0 Å². The molecule has 2 aromatic rings. The zero-order valence-electron chi connectivity index (χ0n) is 13.4. The highest BCUT2D eigenvalue weighted by molar-refractivity contribution is 5.74. The second kappa shape index (κ2) is 8.13. The minimum Gasteiger partial charge on any atom is -0.426 e. The van der Waals surface area contributed by atoms with Gasteiger partial charge in [0.1, 0.15) is 11.5 Å². The number of hydrogen-bond acceptors (Lipinski definition) is 4. The molecular formula is C19H20O4. The van der Waals surface area contributed by atoms with E-state index < -0.39 is 0 Å². The molecule has 0 aliphatic carbocycles. The van der Waals surface area contributed by atoms with Crippen LogP contribution in [0.25, 0.3) is 0 Å². The summed E-state index contributed by atoms with van der Waals surface area (Å²) in [7, 11) is 0. The maximum atomic E-state index is 11.6. The molecule has 0 saturated carbocycles. The van der Waals surface area contributed by atoms with E-state index in [9.17, 15) is 9.59 Å². The van der Waals surface area contributed by atoms with Crippen LogP contribution in [0.15, 0.2) is 48.5 Å². The van der Waals surface area contributed by atoms with Gasteiger partial charge in [0.05, 0.1) is 0 Å². The molecule has 0 N–H and O–H groups in total. The zero-order valence-corrected chi connectivity index (χ0v) is 13.4. The zero-order chi connectivity index (χ0) is 16.7. The number of rotatable bonds is 6. The Kier molecular flexibility index (Phi) is 5.92. The van der Waals surface area contributed by atoms with Gasteiger partial charge in [-0.1, -0.05) is 50.2 Å². The van der Waals surface area contributed by atoms with Gasteiger partial charge in [-0.25, -0.2) is 0 Å². The van der Waals surface area contributed by atoms with Gasteiger partial charge < -0.3 is 9.47 Å². The maximum Gasteiger partial charge on any atom is 0.310 e. The summed E-state index contributed by atoms with van der Waals surface area (Å²) in [6.45, 7) is 3.46. The summed E-state index contributed by atoms with van der Waals surface area (Å²) >= 11 is 0. The predicted octanol–water partition coefficient (Wildman–Crippen LogP) is 3.91. The molecule has 23 heavy (non-hydrogen) atoms. The second-order valence-corrected chi connectivity index (χ2v) is 5.09. The summed E-state index contributed by atoms with van der Waals surface area (Å²) in [6, 6.07) is 15.0. The van der Waals surface area contributed by atoms with Crippen molar-refractivity contribution in [2.24, 2.45) is 0 Å². The van der Waals surface area contributed by atoms with E-state index in [-0.39, 0.29) is 24.8 Å². The van der Waals surface area contributed by atoms with Crippen molar-refractivity contribution in [2.75, 3.05) is 0 Å². The van der Waals surface area contributed by atoms with Crippen LogP contribution in [0.2, 0.25) is 0 Å². The maximum absolute atomic E-state index is 11.6. The fourth-order valence-corrected chi connectivity index (χ4v) is 2.05. The van der Waals surface area contributed by atoms with E-state index >= 15 is 0 Å². The molecule has 0 spiro atoms. The van der Waals surface area contributed by atoms with Crippen molar-refractivity contribution in [3.63, 3.8) is 0 Å². The minimum atomic E-state index is -0.325. The summed E-state index contributed by atoms with van der Waals surface area (Å²) in [5.74, 6) is 0.168. The highest BCUT2D eigenvalue weighted by Gasteiger charge is 2.12. The fourth-order valence-electron chi connectivity index (χ4n) is 2.05. The molecule has 0 aromatic heterocycles. The van der Waals surface area contributed by atoms with Crippen molar-refractivity contribution in [3.05, 3.63) is 59.7 Å². The molecule has 0 aliphatic rings. The van der Waals surface area contributed by atoms with E-state index in [1.54, 1.807) is 26.0 Å². The number of esters is 2. The molecule has 0 fully saturated rings. The third kappa shape index (κ3) is 4.95. The van der Waals surface area contributed by atoms with Crippen LogP contribution >= 0.6 is 0 Å². The van der Waals surface area contributed by atoms with Crippen LogP contribution in [0.3, 0.4) is 0 Å². The molecule has 0 aliphatic heterocycles. The van der Waals surface area contributed by atoms with Crippen molar-refractivity contribution in [1.29, 1.82) is 0 Å². The van der Waals surface area contributed by atoms with Crippen LogP contribution < -0.4 is 9.47 Å². The van der Waals surface area contributed by atoms with Crippen molar-refractivity contribution in [2.45, 2.75) is 33.1 Å². The number of carbonyl (C=O) groups excluding carboxylic acids is 2. The minimum absolute atomic E-state index is 0.282. The van der Waals surface area contributed by atoms with Gasteiger partial charge in [-0.3, -0.25) is 9.59 Å². The van der Waals surface area contributed by atoms with Crippen molar-refractivity contribution in [3.8, 4) is 11.5 Å². The van der Waals surface area contributed by atoms with Gasteiger partial charge in [0, 0.05) is 25.3 Å². The van der Waals surface area contributed by atoms with Crippen LogP contribution in [-0.4, -0.2) is 11.9 Å². The molecule has 120 valence electrons. The average molecular weight is 312 g/mol. The van der Waals surface area contributed by atoms with E-state index in [0.717, 1.165) is 11.1 Å². The number of benzene rings is 2.